The van der Waals surface area contributed by atoms with Gasteiger partial charge in [-0.25, -0.2) is 4.39 Å². The molecular weight excluding hydrogens is 369 g/mol. The topological polar surface area (TPSA) is 27.7 Å². The summed E-state index contributed by atoms with van der Waals surface area (Å²) in [5.74, 6) is -0.248. The molecule has 1 aliphatic rings. The van der Waals surface area contributed by atoms with Gasteiger partial charge in [0.25, 0.3) is 0 Å². The summed E-state index contributed by atoms with van der Waals surface area (Å²) in [6.07, 6.45) is 1.04. The van der Waals surface area contributed by atoms with Crippen molar-refractivity contribution in [2.75, 3.05) is 44.7 Å². The number of thiophene rings is 1. The van der Waals surface area contributed by atoms with Crippen molar-refractivity contribution in [2.45, 2.75) is 13.0 Å². The van der Waals surface area contributed by atoms with Gasteiger partial charge in [-0.05, 0) is 54.4 Å². The maximum atomic E-state index is 13.1. The summed E-state index contributed by atoms with van der Waals surface area (Å²) in [5.41, 5.74) is 0.806. The Morgan fingerprint density at radius 2 is 2.00 bits per heavy atom. The molecule has 1 aliphatic heterocycles. The summed E-state index contributed by atoms with van der Waals surface area (Å²) in [6.45, 7) is 6.36. The normalized spacial score (nSPS) is 15.0. The van der Waals surface area contributed by atoms with Crippen molar-refractivity contribution in [3.63, 3.8) is 0 Å². The van der Waals surface area contributed by atoms with Crippen LogP contribution in [0.3, 0.4) is 0 Å². The van der Waals surface area contributed by atoms with Gasteiger partial charge in [-0.3, -0.25) is 4.90 Å². The molecule has 4 nitrogen and oxygen atoms in total. The van der Waals surface area contributed by atoms with Crippen LogP contribution in [0.2, 0.25) is 0 Å². The van der Waals surface area contributed by atoms with Crippen molar-refractivity contribution in [1.82, 2.24) is 9.80 Å². The van der Waals surface area contributed by atoms with Gasteiger partial charge < -0.3 is 15.0 Å². The van der Waals surface area contributed by atoms with E-state index in [-0.39, 0.29) is 5.82 Å². The molecule has 1 saturated heterocycles. The predicted octanol–water partition coefficient (Wildman–Crippen LogP) is 3.81. The van der Waals surface area contributed by atoms with Crippen molar-refractivity contribution >= 4 is 34.4 Å². The van der Waals surface area contributed by atoms with Crippen LogP contribution in [0.4, 0.5) is 10.1 Å². The Morgan fingerprint density at radius 3 is 2.69 bits per heavy atom. The van der Waals surface area contributed by atoms with Crippen molar-refractivity contribution in [3.8, 4) is 0 Å². The maximum absolute atomic E-state index is 13.1. The van der Waals surface area contributed by atoms with E-state index in [0.717, 1.165) is 58.0 Å². The van der Waals surface area contributed by atoms with Crippen LogP contribution in [0.1, 0.15) is 11.3 Å². The van der Waals surface area contributed by atoms with Crippen LogP contribution >= 0.6 is 23.6 Å². The Balaban J connectivity index is 1.56. The summed E-state index contributed by atoms with van der Waals surface area (Å²) < 4.78 is 18.5. The molecule has 0 amide bonds. The van der Waals surface area contributed by atoms with Crippen molar-refractivity contribution < 1.29 is 9.13 Å². The van der Waals surface area contributed by atoms with Gasteiger partial charge in [0.05, 0.1) is 19.8 Å². The standard InChI is InChI=1S/C19H24FN3OS2/c20-16-4-6-17(7-5-16)21-19(25)23(15-18-3-1-14-26-18)9-2-8-22-10-12-24-13-11-22/h1,3-7,14H,2,8-13,15H2,(H,21,25). The van der Waals surface area contributed by atoms with Gasteiger partial charge in [0.1, 0.15) is 5.82 Å². The van der Waals surface area contributed by atoms with E-state index >= 15 is 0 Å². The average Bonchev–Trinajstić information content (AvgIpc) is 3.17. The first-order chi connectivity index (χ1) is 12.7. The molecule has 1 N–H and O–H groups in total. The fraction of sp³-hybridized carbons (Fsp3) is 0.421. The number of benzene rings is 1. The minimum atomic E-state index is -0.248. The zero-order valence-electron chi connectivity index (χ0n) is 14.7. The number of anilines is 1. The molecule has 3 rings (SSSR count). The van der Waals surface area contributed by atoms with Crippen LogP contribution in [0.5, 0.6) is 0 Å². The first-order valence-electron chi connectivity index (χ1n) is 8.85. The lowest BCUT2D eigenvalue weighted by Crippen LogP contribution is -2.39. The zero-order chi connectivity index (χ0) is 18.2. The average molecular weight is 394 g/mol. The second-order valence-electron chi connectivity index (χ2n) is 6.25. The van der Waals surface area contributed by atoms with Gasteiger partial charge in [0, 0.05) is 36.7 Å². The van der Waals surface area contributed by atoms with Gasteiger partial charge in [-0.1, -0.05) is 6.07 Å². The van der Waals surface area contributed by atoms with Crippen LogP contribution in [-0.2, 0) is 11.3 Å². The van der Waals surface area contributed by atoms with E-state index in [0.29, 0.717) is 5.11 Å². The van der Waals surface area contributed by atoms with Gasteiger partial charge in [0.15, 0.2) is 5.11 Å². The lowest BCUT2D eigenvalue weighted by Gasteiger charge is -2.29. The lowest BCUT2D eigenvalue weighted by molar-refractivity contribution is 0.0368. The Kier molecular flexibility index (Phi) is 7.37. The summed E-state index contributed by atoms with van der Waals surface area (Å²) in [4.78, 5) is 5.90. The van der Waals surface area contributed by atoms with E-state index in [2.05, 4.69) is 32.6 Å². The molecule has 26 heavy (non-hydrogen) atoms. The number of thiocarbonyl (C=S) groups is 1. The molecule has 140 valence electrons. The fourth-order valence-electron chi connectivity index (χ4n) is 2.89. The van der Waals surface area contributed by atoms with E-state index in [9.17, 15) is 4.39 Å². The second-order valence-corrected chi connectivity index (χ2v) is 7.66. The quantitative estimate of drug-likeness (QED) is 0.722. The van der Waals surface area contributed by atoms with Gasteiger partial charge in [0.2, 0.25) is 0 Å². The highest BCUT2D eigenvalue weighted by Crippen LogP contribution is 2.15. The number of hydrogen-bond acceptors (Lipinski definition) is 4. The lowest BCUT2D eigenvalue weighted by atomic mass is 10.3. The van der Waals surface area contributed by atoms with E-state index in [4.69, 9.17) is 17.0 Å². The van der Waals surface area contributed by atoms with Crippen LogP contribution < -0.4 is 5.32 Å². The predicted molar refractivity (Wildman–Crippen MR) is 109 cm³/mol. The van der Waals surface area contributed by atoms with E-state index in [1.165, 1.54) is 17.0 Å². The van der Waals surface area contributed by atoms with Crippen molar-refractivity contribution in [3.05, 3.63) is 52.5 Å². The Labute approximate surface area is 163 Å². The van der Waals surface area contributed by atoms with Gasteiger partial charge >= 0.3 is 0 Å². The fourth-order valence-corrected chi connectivity index (χ4v) is 3.88. The van der Waals surface area contributed by atoms with Crippen LogP contribution in [0.15, 0.2) is 41.8 Å². The number of nitrogens with zero attached hydrogens (tertiary/aromatic N) is 2. The number of nitrogens with one attached hydrogen (secondary N) is 1. The summed E-state index contributed by atoms with van der Waals surface area (Å²) in [6, 6.07) is 10.5. The molecule has 7 heteroatoms. The third kappa shape index (κ3) is 6.02. The van der Waals surface area contributed by atoms with Crippen molar-refractivity contribution in [2.24, 2.45) is 0 Å². The first kappa shape index (κ1) is 19.2. The monoisotopic (exact) mass is 393 g/mol. The largest absolute Gasteiger partial charge is 0.379 e. The Bertz CT molecular complexity index is 673. The smallest absolute Gasteiger partial charge is 0.173 e. The molecule has 0 saturated carbocycles. The number of hydrogen-bond donors (Lipinski definition) is 1. The molecule has 1 fully saturated rings. The molecule has 0 bridgehead atoms. The van der Waals surface area contributed by atoms with Crippen LogP contribution in [-0.4, -0.2) is 54.3 Å². The number of rotatable bonds is 7. The number of ether oxygens (including phenoxy) is 1. The van der Waals surface area contributed by atoms with Gasteiger partial charge in [-0.2, -0.15) is 0 Å². The van der Waals surface area contributed by atoms with E-state index in [1.807, 2.05) is 0 Å². The highest BCUT2D eigenvalue weighted by Gasteiger charge is 2.14. The number of morpholine rings is 1. The molecule has 2 heterocycles. The minimum absolute atomic E-state index is 0.248. The number of halogens is 1. The third-order valence-corrected chi connectivity index (χ3v) is 5.54. The van der Waals surface area contributed by atoms with Crippen LogP contribution in [0.25, 0.3) is 0 Å². The second kappa shape index (κ2) is 9.97. The molecule has 1 aromatic carbocycles. The Morgan fingerprint density at radius 1 is 1.23 bits per heavy atom. The summed E-state index contributed by atoms with van der Waals surface area (Å²) in [5, 5.41) is 5.99. The van der Waals surface area contributed by atoms with Gasteiger partial charge in [-0.15, -0.1) is 11.3 Å². The Hall–Kier alpha value is -1.54. The molecule has 0 radical (unpaired) electrons. The van der Waals surface area contributed by atoms with E-state index < -0.39 is 0 Å². The van der Waals surface area contributed by atoms with E-state index in [1.54, 1.807) is 23.5 Å². The maximum Gasteiger partial charge on any atom is 0.173 e. The molecule has 1 aromatic heterocycles. The van der Waals surface area contributed by atoms with Crippen LogP contribution in [0, 0.1) is 5.82 Å². The molecule has 2 aromatic rings. The highest BCUT2D eigenvalue weighted by molar-refractivity contribution is 7.80. The zero-order valence-corrected chi connectivity index (χ0v) is 16.3. The third-order valence-electron chi connectivity index (χ3n) is 4.32. The first-order valence-corrected chi connectivity index (χ1v) is 10.1. The minimum Gasteiger partial charge on any atom is -0.379 e. The molecule has 0 spiro atoms. The highest BCUT2D eigenvalue weighted by atomic mass is 32.1. The van der Waals surface area contributed by atoms with Crippen molar-refractivity contribution in [1.29, 1.82) is 0 Å². The summed E-state index contributed by atoms with van der Waals surface area (Å²) >= 11 is 7.36. The molecule has 0 atom stereocenters. The molecule has 0 unspecified atom stereocenters. The molecular formula is C19H24FN3OS2. The SMILES string of the molecule is Fc1ccc(NC(=S)N(CCCN2CCOCC2)Cc2cccs2)cc1. The molecule has 0 aliphatic carbocycles. The summed E-state index contributed by atoms with van der Waals surface area (Å²) in [7, 11) is 0.